The van der Waals surface area contributed by atoms with Gasteiger partial charge < -0.3 is 5.41 Å². The normalized spacial score (nSPS) is 17.1. The van der Waals surface area contributed by atoms with Crippen LogP contribution in [0.3, 0.4) is 0 Å². The zero-order valence-electron chi connectivity index (χ0n) is 6.33. The van der Waals surface area contributed by atoms with Gasteiger partial charge >= 0.3 is 0 Å². The minimum Gasteiger partial charge on any atom is -0.779 e. The summed E-state index contributed by atoms with van der Waals surface area (Å²) in [6, 6.07) is 0. The molecule has 0 aromatic rings. The molecule has 1 nitrogen and oxygen atoms in total. The van der Waals surface area contributed by atoms with Crippen molar-refractivity contribution in [3.63, 3.8) is 0 Å². The van der Waals surface area contributed by atoms with E-state index in [4.69, 9.17) is 0 Å². The predicted molar refractivity (Wildman–Crippen MR) is 44.7 cm³/mol. The molecular weight excluding hydrogens is 122 g/mol. The average Bonchev–Trinajstić information content (AvgIpc) is 1.88. The van der Waals surface area contributed by atoms with Crippen LogP contribution < -0.4 is 0 Å². The van der Waals surface area contributed by atoms with Gasteiger partial charge in [-0.15, -0.1) is 0 Å². The first-order chi connectivity index (χ1) is 4.72. The molecule has 1 rings (SSSR count). The van der Waals surface area contributed by atoms with E-state index in [9.17, 15) is 5.41 Å². The third kappa shape index (κ3) is 1.29. The molecule has 0 aromatic carbocycles. The van der Waals surface area contributed by atoms with Crippen LogP contribution in [0.2, 0.25) is 0 Å². The van der Waals surface area contributed by atoms with E-state index in [-0.39, 0.29) is 0 Å². The fourth-order valence-electron chi connectivity index (χ4n) is 0.976. The highest BCUT2D eigenvalue weighted by molar-refractivity contribution is 6.11. The second-order valence-corrected chi connectivity index (χ2v) is 2.71. The van der Waals surface area contributed by atoms with Crippen LogP contribution in [0.4, 0.5) is 0 Å². The predicted octanol–water partition coefficient (Wildman–Crippen LogP) is 2.35. The third-order valence-electron chi connectivity index (χ3n) is 1.56. The van der Waals surface area contributed by atoms with E-state index < -0.39 is 0 Å². The molecule has 0 atom stereocenters. The highest BCUT2D eigenvalue weighted by Gasteiger charge is 2.10. The van der Waals surface area contributed by atoms with Gasteiger partial charge in [0, 0.05) is 36.1 Å². The van der Waals surface area contributed by atoms with Crippen molar-refractivity contribution in [2.75, 3.05) is 0 Å². The summed E-state index contributed by atoms with van der Waals surface area (Å²) in [6.07, 6.45) is 7.44. The van der Waals surface area contributed by atoms with Crippen LogP contribution in [-0.4, -0.2) is 5.71 Å². The zero-order valence-corrected chi connectivity index (χ0v) is 6.33. The maximum atomic E-state index is 9.28. The number of rotatable bonds is 1. The Labute approximate surface area is 62.0 Å². The Morgan fingerprint density at radius 3 is 2.60 bits per heavy atom. The first-order valence-corrected chi connectivity index (χ1v) is 3.49. The molecule has 10 heavy (non-hydrogen) atoms. The standard InChI is InChI=1S/C9H11N/c1-7(2)8-5-3-4-6-9(8)10/h3-7H,1-2H3. The highest BCUT2D eigenvalue weighted by Crippen LogP contribution is 2.15. The number of hydrogen-bond donors (Lipinski definition) is 0. The fraction of sp³-hybridized carbons (Fsp3) is 0.333. The van der Waals surface area contributed by atoms with Gasteiger partial charge in [-0.2, -0.15) is 0 Å². The number of hydrogen-bond acceptors (Lipinski definition) is 0. The first-order valence-electron chi connectivity index (χ1n) is 3.49. The summed E-state index contributed by atoms with van der Waals surface area (Å²) in [5, 5.41) is 9.28. The van der Waals surface area contributed by atoms with Crippen molar-refractivity contribution in [3.8, 4) is 0 Å². The molecule has 0 spiro atoms. The summed E-state index contributed by atoms with van der Waals surface area (Å²) in [4.78, 5) is 0. The number of nitrogens with zero attached hydrogens (tertiary/aromatic N) is 1. The molecule has 0 saturated carbocycles. The Hall–Kier alpha value is -0.980. The monoisotopic (exact) mass is 133 g/mol. The summed E-state index contributed by atoms with van der Waals surface area (Å²) >= 11 is 0. The highest BCUT2D eigenvalue weighted by atomic mass is 14.4. The van der Waals surface area contributed by atoms with Gasteiger partial charge in [0.2, 0.25) is 0 Å². The first kappa shape index (κ1) is 7.13. The lowest BCUT2D eigenvalue weighted by atomic mass is 9.94. The Morgan fingerprint density at radius 2 is 2.20 bits per heavy atom. The maximum Gasteiger partial charge on any atom is 0.0498 e. The van der Waals surface area contributed by atoms with Gasteiger partial charge in [-0.3, -0.25) is 0 Å². The lowest BCUT2D eigenvalue weighted by Crippen LogP contribution is -2.06. The van der Waals surface area contributed by atoms with Gasteiger partial charge in [0.05, 0.1) is 0 Å². The van der Waals surface area contributed by atoms with E-state index in [1.807, 2.05) is 18.6 Å². The van der Waals surface area contributed by atoms with E-state index in [0.717, 1.165) is 5.57 Å². The summed E-state index contributed by atoms with van der Waals surface area (Å²) in [5.41, 5.74) is 1.42. The third-order valence-corrected chi connectivity index (χ3v) is 1.56. The van der Waals surface area contributed by atoms with Crippen molar-refractivity contribution in [2.45, 2.75) is 13.8 Å². The van der Waals surface area contributed by atoms with Gasteiger partial charge in [-0.1, -0.05) is 0 Å². The largest absolute Gasteiger partial charge is 0.779 e. The molecule has 0 saturated heterocycles. The van der Waals surface area contributed by atoms with Crippen LogP contribution in [-0.2, 0) is 0 Å². The van der Waals surface area contributed by atoms with E-state index >= 15 is 0 Å². The SMILES string of the molecule is CC(C)C1=C[CH+]C=CC1=[N-]. The molecular formula is C9H11N. The molecule has 0 fully saturated rings. The van der Waals surface area contributed by atoms with E-state index in [1.54, 1.807) is 6.08 Å². The van der Waals surface area contributed by atoms with Crippen molar-refractivity contribution in [3.05, 3.63) is 35.6 Å². The van der Waals surface area contributed by atoms with Gasteiger partial charge in [0.1, 0.15) is 0 Å². The van der Waals surface area contributed by atoms with Crippen molar-refractivity contribution >= 4 is 5.71 Å². The van der Waals surface area contributed by atoms with Crippen molar-refractivity contribution < 1.29 is 0 Å². The molecule has 0 amide bonds. The second-order valence-electron chi connectivity index (χ2n) is 2.71. The minimum atomic E-state index is 0.400. The number of allylic oxidation sites excluding steroid dienone is 4. The van der Waals surface area contributed by atoms with E-state index in [2.05, 4.69) is 13.8 Å². The van der Waals surface area contributed by atoms with Crippen molar-refractivity contribution in [1.82, 2.24) is 0 Å². The van der Waals surface area contributed by atoms with Gasteiger partial charge in [0.25, 0.3) is 0 Å². The van der Waals surface area contributed by atoms with Gasteiger partial charge in [-0.25, -0.2) is 0 Å². The maximum absolute atomic E-state index is 9.28. The van der Waals surface area contributed by atoms with Crippen molar-refractivity contribution in [1.29, 1.82) is 0 Å². The molecule has 0 aromatic heterocycles. The Balaban J connectivity index is 2.76. The van der Waals surface area contributed by atoms with Crippen LogP contribution in [0.1, 0.15) is 13.8 Å². The summed E-state index contributed by atoms with van der Waals surface area (Å²) < 4.78 is 0. The lowest BCUT2D eigenvalue weighted by molar-refractivity contribution is 0.803. The Bertz CT molecular complexity index is 197. The quantitative estimate of drug-likeness (QED) is 0.490. The molecule has 0 N–H and O–H groups in total. The van der Waals surface area contributed by atoms with E-state index in [0.29, 0.717) is 11.6 Å². The Kier molecular flexibility index (Phi) is 1.95. The molecule has 1 aliphatic rings. The average molecular weight is 133 g/mol. The van der Waals surface area contributed by atoms with Gasteiger partial charge in [0.15, 0.2) is 0 Å². The minimum absolute atomic E-state index is 0.400. The molecule has 0 unspecified atom stereocenters. The molecule has 0 heterocycles. The molecule has 1 heteroatoms. The van der Waals surface area contributed by atoms with Crippen LogP contribution >= 0.6 is 0 Å². The molecule has 0 bridgehead atoms. The van der Waals surface area contributed by atoms with Gasteiger partial charge in [-0.05, 0) is 19.6 Å². The molecule has 52 valence electrons. The van der Waals surface area contributed by atoms with Crippen LogP contribution in [0, 0.1) is 12.3 Å². The molecule has 0 aliphatic heterocycles. The summed E-state index contributed by atoms with van der Waals surface area (Å²) in [5.74, 6) is 0.404. The smallest absolute Gasteiger partial charge is 0.0498 e. The van der Waals surface area contributed by atoms with Crippen LogP contribution in [0.25, 0.3) is 5.41 Å². The van der Waals surface area contributed by atoms with Crippen LogP contribution in [0.5, 0.6) is 0 Å². The zero-order chi connectivity index (χ0) is 7.56. The Morgan fingerprint density at radius 1 is 1.50 bits per heavy atom. The van der Waals surface area contributed by atoms with Crippen LogP contribution in [0.15, 0.2) is 23.8 Å². The summed E-state index contributed by atoms with van der Waals surface area (Å²) in [6.45, 7) is 4.13. The summed E-state index contributed by atoms with van der Waals surface area (Å²) in [7, 11) is 0. The fourth-order valence-corrected chi connectivity index (χ4v) is 0.976. The second kappa shape index (κ2) is 2.74. The molecule has 1 aliphatic carbocycles. The van der Waals surface area contributed by atoms with E-state index in [1.165, 1.54) is 0 Å². The lowest BCUT2D eigenvalue weighted by Gasteiger charge is -2.11. The molecule has 0 radical (unpaired) electrons. The topological polar surface area (TPSA) is 22.3 Å². The van der Waals surface area contributed by atoms with Crippen molar-refractivity contribution in [2.24, 2.45) is 5.92 Å².